The van der Waals surface area contributed by atoms with E-state index < -0.39 is 65.1 Å². The SMILES string of the molecule is Cc1cc(F)ccc1[C@H]1CN(NC(=O)[C@H](C)O)CC[C@@H]1C(=O)N(C)[C@@H](C)c1cc(C(F)(F)F)cc(C(F)(F)F)c1. The Balaban J connectivity index is 1.96. The number of carbonyl (C=O) groups excluding carboxylic acids is 2. The average Bonchev–Trinajstić information content (AvgIpc) is 2.86. The van der Waals surface area contributed by atoms with Gasteiger partial charge in [0.15, 0.2) is 0 Å². The molecule has 0 aliphatic carbocycles. The fraction of sp³-hybridized carbons (Fsp3) is 0.481. The van der Waals surface area contributed by atoms with E-state index in [4.69, 9.17) is 0 Å². The van der Waals surface area contributed by atoms with Crippen molar-refractivity contribution in [2.45, 2.75) is 57.6 Å². The van der Waals surface area contributed by atoms with E-state index in [9.17, 15) is 45.4 Å². The summed E-state index contributed by atoms with van der Waals surface area (Å²) in [4.78, 5) is 26.9. The van der Waals surface area contributed by atoms with Gasteiger partial charge in [0.2, 0.25) is 5.91 Å². The normalized spacial score (nSPS) is 20.1. The van der Waals surface area contributed by atoms with Crippen molar-refractivity contribution in [1.82, 2.24) is 15.3 Å². The molecular formula is C27H30F7N3O3. The van der Waals surface area contributed by atoms with Crippen LogP contribution in [0.1, 0.15) is 60.0 Å². The molecule has 13 heteroatoms. The molecular weight excluding hydrogens is 547 g/mol. The van der Waals surface area contributed by atoms with Crippen LogP contribution in [0.2, 0.25) is 0 Å². The van der Waals surface area contributed by atoms with Crippen LogP contribution in [0.5, 0.6) is 0 Å². The molecule has 0 spiro atoms. The van der Waals surface area contributed by atoms with Crippen LogP contribution in [0, 0.1) is 18.7 Å². The van der Waals surface area contributed by atoms with Gasteiger partial charge < -0.3 is 10.0 Å². The molecule has 0 aromatic heterocycles. The zero-order chi connectivity index (χ0) is 30.2. The summed E-state index contributed by atoms with van der Waals surface area (Å²) in [5.74, 6) is -3.11. The van der Waals surface area contributed by atoms with Crippen molar-refractivity contribution in [3.8, 4) is 0 Å². The first-order valence-electron chi connectivity index (χ1n) is 12.5. The summed E-state index contributed by atoms with van der Waals surface area (Å²) in [6.45, 7) is 4.52. The Hall–Kier alpha value is -3.19. The Labute approximate surface area is 226 Å². The van der Waals surface area contributed by atoms with E-state index >= 15 is 0 Å². The number of nitrogens with zero attached hydrogens (tertiary/aromatic N) is 2. The van der Waals surface area contributed by atoms with Gasteiger partial charge in [-0.15, -0.1) is 0 Å². The molecule has 2 N–H and O–H groups in total. The number of amides is 2. The Kier molecular flexibility index (Phi) is 9.19. The maximum Gasteiger partial charge on any atom is 0.416 e. The first-order chi connectivity index (χ1) is 18.4. The lowest BCUT2D eigenvalue weighted by Gasteiger charge is -2.41. The molecule has 0 saturated carbocycles. The molecule has 220 valence electrons. The van der Waals surface area contributed by atoms with Gasteiger partial charge >= 0.3 is 12.4 Å². The lowest BCUT2D eigenvalue weighted by atomic mass is 9.78. The van der Waals surface area contributed by atoms with Crippen LogP contribution in [0.15, 0.2) is 36.4 Å². The van der Waals surface area contributed by atoms with Gasteiger partial charge in [-0.1, -0.05) is 6.07 Å². The smallest absolute Gasteiger partial charge is 0.384 e. The van der Waals surface area contributed by atoms with Gasteiger partial charge in [0.1, 0.15) is 11.9 Å². The van der Waals surface area contributed by atoms with Crippen LogP contribution >= 0.6 is 0 Å². The fourth-order valence-corrected chi connectivity index (χ4v) is 4.86. The molecule has 1 aliphatic heterocycles. The molecule has 2 aromatic carbocycles. The largest absolute Gasteiger partial charge is 0.416 e. The van der Waals surface area contributed by atoms with Crippen molar-refractivity contribution in [2.75, 3.05) is 20.1 Å². The standard InChI is InChI=1S/C27H30F7N3O3/c1-14-9-20(28)5-6-21(14)23-13-37(35-24(39)16(3)38)8-7-22(23)25(40)36(4)15(2)17-10-18(26(29,30)31)12-19(11-17)27(32,33)34/h5-6,9-12,15-16,22-23,38H,7-8,13H2,1-4H3,(H,35,39)/t15-,16-,22-,23+/m0/s1. The molecule has 1 heterocycles. The number of hydrogen-bond donors (Lipinski definition) is 2. The van der Waals surface area contributed by atoms with Gasteiger partial charge in [-0.3, -0.25) is 15.0 Å². The molecule has 3 rings (SSSR count). The van der Waals surface area contributed by atoms with E-state index in [1.165, 1.54) is 44.1 Å². The van der Waals surface area contributed by atoms with Gasteiger partial charge in [0, 0.05) is 32.0 Å². The molecule has 1 aliphatic rings. The molecule has 4 atom stereocenters. The number of aryl methyl sites for hydroxylation is 1. The van der Waals surface area contributed by atoms with Gasteiger partial charge in [-0.05, 0) is 74.2 Å². The monoisotopic (exact) mass is 577 g/mol. The third-order valence-electron chi connectivity index (χ3n) is 7.23. The number of carbonyl (C=O) groups is 2. The van der Waals surface area contributed by atoms with Gasteiger partial charge in [-0.25, -0.2) is 9.40 Å². The maximum atomic E-state index is 13.8. The second-order valence-electron chi connectivity index (χ2n) is 10.1. The first-order valence-corrected chi connectivity index (χ1v) is 12.5. The quantitative estimate of drug-likeness (QED) is 0.463. The molecule has 0 radical (unpaired) electrons. The minimum Gasteiger partial charge on any atom is -0.384 e. The van der Waals surface area contributed by atoms with Crippen LogP contribution < -0.4 is 5.43 Å². The Morgan fingerprint density at radius 2 is 1.60 bits per heavy atom. The van der Waals surface area contributed by atoms with E-state index in [0.717, 1.165) is 4.90 Å². The predicted molar refractivity (Wildman–Crippen MR) is 131 cm³/mol. The van der Waals surface area contributed by atoms with E-state index in [2.05, 4.69) is 5.43 Å². The van der Waals surface area contributed by atoms with Gasteiger partial charge in [0.05, 0.1) is 17.2 Å². The highest BCUT2D eigenvalue weighted by molar-refractivity contribution is 5.81. The maximum absolute atomic E-state index is 13.8. The summed E-state index contributed by atoms with van der Waals surface area (Å²) in [6.07, 6.45) is -11.2. The molecule has 2 amide bonds. The van der Waals surface area contributed by atoms with E-state index in [-0.39, 0.29) is 31.1 Å². The molecule has 2 aromatic rings. The van der Waals surface area contributed by atoms with Crippen molar-refractivity contribution >= 4 is 11.8 Å². The summed E-state index contributed by atoms with van der Waals surface area (Å²) in [6, 6.07) is 4.06. The minimum atomic E-state index is -5.03. The Bertz CT molecular complexity index is 1210. The Morgan fingerprint density at radius 1 is 1.02 bits per heavy atom. The summed E-state index contributed by atoms with van der Waals surface area (Å²) in [5.41, 5.74) is 0.377. The first kappa shape index (κ1) is 31.3. The van der Waals surface area contributed by atoms with Crippen molar-refractivity contribution in [1.29, 1.82) is 0 Å². The number of halogens is 7. The number of hydrazine groups is 1. The number of aliphatic hydroxyl groups excluding tert-OH is 1. The van der Waals surface area contributed by atoms with E-state index in [1.54, 1.807) is 6.92 Å². The third-order valence-corrected chi connectivity index (χ3v) is 7.23. The van der Waals surface area contributed by atoms with Crippen molar-refractivity contribution in [3.05, 3.63) is 70.0 Å². The second kappa shape index (κ2) is 11.7. The number of alkyl halides is 6. The lowest BCUT2D eigenvalue weighted by Crippen LogP contribution is -2.53. The highest BCUT2D eigenvalue weighted by Gasteiger charge is 2.41. The van der Waals surface area contributed by atoms with Crippen LogP contribution in [0.3, 0.4) is 0 Å². The number of rotatable bonds is 6. The molecule has 1 fully saturated rings. The zero-order valence-corrected chi connectivity index (χ0v) is 22.2. The average molecular weight is 578 g/mol. The number of benzene rings is 2. The Morgan fingerprint density at radius 3 is 2.10 bits per heavy atom. The zero-order valence-electron chi connectivity index (χ0n) is 22.2. The topological polar surface area (TPSA) is 72.9 Å². The van der Waals surface area contributed by atoms with Crippen LogP contribution in [-0.4, -0.2) is 53.1 Å². The fourth-order valence-electron chi connectivity index (χ4n) is 4.86. The van der Waals surface area contributed by atoms with Crippen LogP contribution in [-0.2, 0) is 21.9 Å². The third kappa shape index (κ3) is 7.11. The number of aliphatic hydroxyl groups is 1. The second-order valence-corrected chi connectivity index (χ2v) is 10.1. The number of piperidine rings is 1. The molecule has 0 unspecified atom stereocenters. The highest BCUT2D eigenvalue weighted by Crippen LogP contribution is 2.40. The summed E-state index contributed by atoms with van der Waals surface area (Å²) >= 11 is 0. The minimum absolute atomic E-state index is 0.0304. The molecule has 1 saturated heterocycles. The molecule has 0 bridgehead atoms. The van der Waals surface area contributed by atoms with E-state index in [1.807, 2.05) is 0 Å². The highest BCUT2D eigenvalue weighted by atomic mass is 19.4. The van der Waals surface area contributed by atoms with Crippen molar-refractivity contribution in [2.24, 2.45) is 5.92 Å². The van der Waals surface area contributed by atoms with Gasteiger partial charge in [-0.2, -0.15) is 26.3 Å². The summed E-state index contributed by atoms with van der Waals surface area (Å²) < 4.78 is 94.3. The van der Waals surface area contributed by atoms with Crippen LogP contribution in [0.4, 0.5) is 30.7 Å². The van der Waals surface area contributed by atoms with Crippen LogP contribution in [0.25, 0.3) is 0 Å². The van der Waals surface area contributed by atoms with E-state index in [0.29, 0.717) is 23.3 Å². The van der Waals surface area contributed by atoms with Crippen molar-refractivity contribution in [3.63, 3.8) is 0 Å². The summed E-state index contributed by atoms with van der Waals surface area (Å²) in [5, 5.41) is 11.1. The number of hydrogen-bond acceptors (Lipinski definition) is 4. The predicted octanol–water partition coefficient (Wildman–Crippen LogP) is 5.21. The lowest BCUT2D eigenvalue weighted by molar-refractivity contribution is -0.143. The molecule has 40 heavy (non-hydrogen) atoms. The van der Waals surface area contributed by atoms with Gasteiger partial charge in [0.25, 0.3) is 5.91 Å². The van der Waals surface area contributed by atoms with Crippen molar-refractivity contribution < 1.29 is 45.4 Å². The summed E-state index contributed by atoms with van der Waals surface area (Å²) in [7, 11) is 1.30. The number of nitrogens with one attached hydrogen (secondary N) is 1. The molecule has 6 nitrogen and oxygen atoms in total.